The highest BCUT2D eigenvalue weighted by molar-refractivity contribution is 9.10. The van der Waals surface area contributed by atoms with Crippen molar-refractivity contribution in [2.24, 2.45) is 0 Å². The fourth-order valence-electron chi connectivity index (χ4n) is 2.72. The Labute approximate surface area is 127 Å². The number of amides is 1. The van der Waals surface area contributed by atoms with E-state index in [1.807, 2.05) is 11.9 Å². The van der Waals surface area contributed by atoms with Crippen LogP contribution in [0.25, 0.3) is 0 Å². The van der Waals surface area contributed by atoms with Crippen molar-refractivity contribution in [3.05, 3.63) is 34.1 Å². The molecule has 1 aromatic carbocycles. The third kappa shape index (κ3) is 3.79. The van der Waals surface area contributed by atoms with Crippen LogP contribution >= 0.6 is 15.9 Å². The van der Waals surface area contributed by atoms with Crippen molar-refractivity contribution in [3.63, 3.8) is 0 Å². The van der Waals surface area contributed by atoms with Gasteiger partial charge in [0, 0.05) is 22.6 Å². The minimum Gasteiger partial charge on any atom is -0.336 e. The van der Waals surface area contributed by atoms with Crippen LogP contribution in [0.4, 0.5) is 4.39 Å². The smallest absolute Gasteiger partial charge is 0.254 e. The molecule has 0 aliphatic carbocycles. The Balaban J connectivity index is 2.16. The van der Waals surface area contributed by atoms with Crippen molar-refractivity contribution in [3.8, 4) is 0 Å². The van der Waals surface area contributed by atoms with Gasteiger partial charge in [-0.15, -0.1) is 0 Å². The summed E-state index contributed by atoms with van der Waals surface area (Å²) in [4.78, 5) is 14.5. The molecular formula is C15H20BrFN2O. The molecule has 1 saturated heterocycles. The number of halogens is 2. The number of nitrogens with zero attached hydrogens (tertiary/aromatic N) is 1. The van der Waals surface area contributed by atoms with E-state index in [1.54, 1.807) is 6.07 Å². The van der Waals surface area contributed by atoms with Crippen LogP contribution < -0.4 is 5.32 Å². The molecule has 1 heterocycles. The molecule has 0 aromatic heterocycles. The molecule has 3 nitrogen and oxygen atoms in total. The molecule has 0 spiro atoms. The third-order valence-electron chi connectivity index (χ3n) is 3.73. The number of likely N-dealkylation sites (tertiary alicyclic amines) is 1. The molecule has 110 valence electrons. The van der Waals surface area contributed by atoms with Crippen molar-refractivity contribution in [2.45, 2.75) is 31.7 Å². The molecule has 1 amide bonds. The standard InChI is InChI=1S/C15H20BrFN2O/c1-18-6-5-14-4-2-3-7-19(14)15(20)11-8-12(16)10-13(17)9-11/h8-10,14,18H,2-7H2,1H3. The number of carbonyl (C=O) groups is 1. The molecule has 2 rings (SSSR count). The number of hydrogen-bond acceptors (Lipinski definition) is 2. The third-order valence-corrected chi connectivity index (χ3v) is 4.18. The molecule has 0 bridgehead atoms. The summed E-state index contributed by atoms with van der Waals surface area (Å²) < 4.78 is 14.0. The van der Waals surface area contributed by atoms with Gasteiger partial charge in [0.1, 0.15) is 5.82 Å². The first-order valence-electron chi connectivity index (χ1n) is 7.03. The minimum absolute atomic E-state index is 0.0639. The summed E-state index contributed by atoms with van der Waals surface area (Å²) in [5, 5.41) is 3.13. The summed E-state index contributed by atoms with van der Waals surface area (Å²) in [6, 6.07) is 4.63. The van der Waals surface area contributed by atoms with E-state index in [1.165, 1.54) is 12.1 Å². The second-order valence-electron chi connectivity index (χ2n) is 5.20. The highest BCUT2D eigenvalue weighted by Crippen LogP contribution is 2.23. The van der Waals surface area contributed by atoms with E-state index in [0.717, 1.165) is 38.8 Å². The van der Waals surface area contributed by atoms with E-state index in [4.69, 9.17) is 0 Å². The summed E-state index contributed by atoms with van der Waals surface area (Å²) in [6.07, 6.45) is 4.16. The summed E-state index contributed by atoms with van der Waals surface area (Å²) >= 11 is 3.24. The molecule has 1 unspecified atom stereocenters. The van der Waals surface area contributed by atoms with Gasteiger partial charge in [0.05, 0.1) is 0 Å². The van der Waals surface area contributed by atoms with Gasteiger partial charge >= 0.3 is 0 Å². The van der Waals surface area contributed by atoms with Crippen molar-refractivity contribution in [1.29, 1.82) is 0 Å². The molecule has 0 radical (unpaired) electrons. The largest absolute Gasteiger partial charge is 0.336 e. The molecule has 1 atom stereocenters. The zero-order valence-electron chi connectivity index (χ0n) is 11.7. The average molecular weight is 343 g/mol. The van der Waals surface area contributed by atoms with Crippen molar-refractivity contribution in [1.82, 2.24) is 10.2 Å². The van der Waals surface area contributed by atoms with Gasteiger partial charge in [0.2, 0.25) is 0 Å². The molecule has 0 saturated carbocycles. The van der Waals surface area contributed by atoms with Crippen LogP contribution in [-0.4, -0.2) is 37.0 Å². The monoisotopic (exact) mass is 342 g/mol. The Morgan fingerprint density at radius 2 is 2.25 bits per heavy atom. The highest BCUT2D eigenvalue weighted by atomic mass is 79.9. The summed E-state index contributed by atoms with van der Waals surface area (Å²) in [6.45, 7) is 1.66. The fourth-order valence-corrected chi connectivity index (χ4v) is 3.19. The Kier molecular flexibility index (Phi) is 5.54. The summed E-state index contributed by atoms with van der Waals surface area (Å²) in [5.41, 5.74) is 0.424. The Bertz CT molecular complexity index is 461. The lowest BCUT2D eigenvalue weighted by molar-refractivity contribution is 0.0602. The predicted molar refractivity (Wildman–Crippen MR) is 81.3 cm³/mol. The number of piperidine rings is 1. The number of rotatable bonds is 4. The first kappa shape index (κ1) is 15.4. The average Bonchev–Trinajstić information content (AvgIpc) is 2.43. The number of benzene rings is 1. The topological polar surface area (TPSA) is 32.3 Å². The maximum absolute atomic E-state index is 13.4. The highest BCUT2D eigenvalue weighted by Gasteiger charge is 2.27. The zero-order chi connectivity index (χ0) is 14.5. The van der Waals surface area contributed by atoms with Crippen molar-refractivity contribution < 1.29 is 9.18 Å². The van der Waals surface area contributed by atoms with Crippen LogP contribution in [-0.2, 0) is 0 Å². The second-order valence-corrected chi connectivity index (χ2v) is 6.11. The molecule has 5 heteroatoms. The van der Waals surface area contributed by atoms with Gasteiger partial charge in [0.15, 0.2) is 0 Å². The van der Waals surface area contributed by atoms with Gasteiger partial charge in [-0.2, -0.15) is 0 Å². The second kappa shape index (κ2) is 7.18. The normalized spacial score (nSPS) is 19.1. The van der Waals surface area contributed by atoms with Gasteiger partial charge in [-0.05, 0) is 57.5 Å². The molecule has 1 aromatic rings. The minimum atomic E-state index is -0.383. The molecule has 20 heavy (non-hydrogen) atoms. The summed E-state index contributed by atoms with van der Waals surface area (Å²) in [5.74, 6) is -0.447. The maximum Gasteiger partial charge on any atom is 0.254 e. The van der Waals surface area contributed by atoms with E-state index in [2.05, 4.69) is 21.2 Å². The van der Waals surface area contributed by atoms with Crippen molar-refractivity contribution >= 4 is 21.8 Å². The van der Waals surface area contributed by atoms with Gasteiger partial charge in [-0.25, -0.2) is 4.39 Å². The lowest BCUT2D eigenvalue weighted by Gasteiger charge is -2.36. The quantitative estimate of drug-likeness (QED) is 0.911. The molecule has 1 aliphatic rings. The van der Waals surface area contributed by atoms with Crippen LogP contribution in [0.15, 0.2) is 22.7 Å². The summed E-state index contributed by atoms with van der Waals surface area (Å²) in [7, 11) is 1.92. The van der Waals surface area contributed by atoms with Crippen molar-refractivity contribution in [2.75, 3.05) is 20.1 Å². The van der Waals surface area contributed by atoms with Gasteiger partial charge < -0.3 is 10.2 Å². The van der Waals surface area contributed by atoms with Crippen LogP contribution in [0.5, 0.6) is 0 Å². The Hall–Kier alpha value is -0.940. The molecular weight excluding hydrogens is 323 g/mol. The zero-order valence-corrected chi connectivity index (χ0v) is 13.2. The first-order chi connectivity index (χ1) is 9.61. The van der Waals surface area contributed by atoms with Gasteiger partial charge in [-0.1, -0.05) is 15.9 Å². The molecule has 1 aliphatic heterocycles. The lowest BCUT2D eigenvalue weighted by Crippen LogP contribution is -2.44. The van der Waals surface area contributed by atoms with E-state index >= 15 is 0 Å². The SMILES string of the molecule is CNCCC1CCCCN1C(=O)c1cc(F)cc(Br)c1. The fraction of sp³-hybridized carbons (Fsp3) is 0.533. The van der Waals surface area contributed by atoms with Crippen LogP contribution in [0.1, 0.15) is 36.0 Å². The molecule has 1 N–H and O–H groups in total. The first-order valence-corrected chi connectivity index (χ1v) is 7.83. The predicted octanol–water partition coefficient (Wildman–Crippen LogP) is 3.19. The van der Waals surface area contributed by atoms with E-state index in [0.29, 0.717) is 10.0 Å². The van der Waals surface area contributed by atoms with Gasteiger partial charge in [-0.3, -0.25) is 4.79 Å². The van der Waals surface area contributed by atoms with E-state index < -0.39 is 0 Å². The number of nitrogens with one attached hydrogen (secondary N) is 1. The van der Waals surface area contributed by atoms with Crippen LogP contribution in [0.2, 0.25) is 0 Å². The maximum atomic E-state index is 13.4. The van der Waals surface area contributed by atoms with Gasteiger partial charge in [0.25, 0.3) is 5.91 Å². The van der Waals surface area contributed by atoms with E-state index in [9.17, 15) is 9.18 Å². The lowest BCUT2D eigenvalue weighted by atomic mass is 9.98. The number of hydrogen-bond donors (Lipinski definition) is 1. The van der Waals surface area contributed by atoms with Crippen LogP contribution in [0, 0.1) is 5.82 Å². The number of carbonyl (C=O) groups excluding carboxylic acids is 1. The van der Waals surface area contributed by atoms with E-state index in [-0.39, 0.29) is 17.8 Å². The molecule has 1 fully saturated rings. The Morgan fingerprint density at radius 3 is 2.95 bits per heavy atom. The van der Waals surface area contributed by atoms with Crippen LogP contribution in [0.3, 0.4) is 0 Å². The Morgan fingerprint density at radius 1 is 1.45 bits per heavy atom.